The van der Waals surface area contributed by atoms with Gasteiger partial charge in [0.1, 0.15) is 12.6 Å². The lowest BCUT2D eigenvalue weighted by Gasteiger charge is -2.24. The number of carbonyl (C=O) groups excluding carboxylic acids is 3. The van der Waals surface area contributed by atoms with E-state index in [0.717, 1.165) is 19.3 Å². The van der Waals surface area contributed by atoms with E-state index in [1.54, 1.807) is 11.8 Å². The molecular formula is C19H34N2O4. The van der Waals surface area contributed by atoms with Crippen molar-refractivity contribution in [2.24, 2.45) is 0 Å². The van der Waals surface area contributed by atoms with Gasteiger partial charge in [-0.1, -0.05) is 45.4 Å². The van der Waals surface area contributed by atoms with E-state index in [2.05, 4.69) is 12.2 Å². The molecule has 0 spiro atoms. The third-order valence-corrected chi connectivity index (χ3v) is 4.58. The summed E-state index contributed by atoms with van der Waals surface area (Å²) in [4.78, 5) is 37.6. The molecule has 0 unspecified atom stereocenters. The summed E-state index contributed by atoms with van der Waals surface area (Å²) in [5, 5.41) is 2.58. The van der Waals surface area contributed by atoms with Gasteiger partial charge in [-0.3, -0.25) is 14.4 Å². The fraction of sp³-hybridized carbons (Fsp3) is 0.842. The Labute approximate surface area is 151 Å². The Kier molecular flexibility index (Phi) is 10.9. The molecule has 0 saturated carbocycles. The number of amides is 2. The number of nitrogens with one attached hydrogen (secondary N) is 1. The Morgan fingerprint density at radius 1 is 1.04 bits per heavy atom. The van der Waals surface area contributed by atoms with Crippen molar-refractivity contribution in [1.29, 1.82) is 0 Å². The summed E-state index contributed by atoms with van der Waals surface area (Å²) < 4.78 is 4.80. The van der Waals surface area contributed by atoms with Crippen LogP contribution in [0.4, 0.5) is 0 Å². The maximum absolute atomic E-state index is 12.4. The Bertz CT molecular complexity index is 426. The molecule has 1 heterocycles. The number of carbonyl (C=O) groups is 3. The van der Waals surface area contributed by atoms with E-state index >= 15 is 0 Å². The van der Waals surface area contributed by atoms with Crippen LogP contribution in [-0.4, -0.2) is 48.4 Å². The van der Waals surface area contributed by atoms with E-state index in [0.29, 0.717) is 26.0 Å². The predicted octanol–water partition coefficient (Wildman–Crippen LogP) is 2.80. The Morgan fingerprint density at radius 3 is 2.40 bits per heavy atom. The van der Waals surface area contributed by atoms with Crippen LogP contribution in [0.5, 0.6) is 0 Å². The van der Waals surface area contributed by atoms with E-state index in [4.69, 9.17) is 4.74 Å². The Hall–Kier alpha value is -1.59. The number of rotatable bonds is 12. The summed E-state index contributed by atoms with van der Waals surface area (Å²) in [7, 11) is 0. The summed E-state index contributed by atoms with van der Waals surface area (Å²) in [5.41, 5.74) is 0. The van der Waals surface area contributed by atoms with Crippen LogP contribution in [-0.2, 0) is 19.1 Å². The van der Waals surface area contributed by atoms with Crippen molar-refractivity contribution < 1.29 is 19.1 Å². The van der Waals surface area contributed by atoms with Gasteiger partial charge in [-0.05, 0) is 26.2 Å². The predicted molar refractivity (Wildman–Crippen MR) is 97.0 cm³/mol. The lowest BCUT2D eigenvalue weighted by Crippen LogP contribution is -2.47. The minimum atomic E-state index is -0.449. The second-order valence-electron chi connectivity index (χ2n) is 6.64. The third-order valence-electron chi connectivity index (χ3n) is 4.58. The summed E-state index contributed by atoms with van der Waals surface area (Å²) in [5.74, 6) is -0.643. The lowest BCUT2D eigenvalue weighted by atomic mass is 10.1. The highest BCUT2D eigenvalue weighted by Crippen LogP contribution is 2.19. The molecule has 1 saturated heterocycles. The molecule has 0 aliphatic carbocycles. The summed E-state index contributed by atoms with van der Waals surface area (Å²) >= 11 is 0. The van der Waals surface area contributed by atoms with Crippen LogP contribution in [0.1, 0.15) is 78.1 Å². The maximum Gasteiger partial charge on any atom is 0.325 e. The van der Waals surface area contributed by atoms with Gasteiger partial charge in [0, 0.05) is 13.0 Å². The first kappa shape index (κ1) is 21.5. The number of nitrogens with zero attached hydrogens (tertiary/aromatic N) is 1. The largest absolute Gasteiger partial charge is 0.465 e. The smallest absolute Gasteiger partial charge is 0.325 e. The van der Waals surface area contributed by atoms with E-state index in [-0.39, 0.29) is 18.4 Å². The molecule has 1 rings (SSSR count). The number of likely N-dealkylation sites (tertiary alicyclic amines) is 1. The van der Waals surface area contributed by atoms with Crippen LogP contribution >= 0.6 is 0 Å². The van der Waals surface area contributed by atoms with E-state index in [1.165, 1.54) is 32.1 Å². The molecule has 6 heteroatoms. The Morgan fingerprint density at radius 2 is 1.72 bits per heavy atom. The van der Waals surface area contributed by atoms with Crippen molar-refractivity contribution >= 4 is 17.8 Å². The second kappa shape index (κ2) is 12.7. The molecule has 0 aromatic carbocycles. The number of unbranched alkanes of at least 4 members (excludes halogenated alkanes) is 6. The molecule has 1 fully saturated rings. The number of hydrogen-bond acceptors (Lipinski definition) is 4. The van der Waals surface area contributed by atoms with Gasteiger partial charge < -0.3 is 15.0 Å². The van der Waals surface area contributed by atoms with E-state index in [1.807, 2.05) is 0 Å². The number of ether oxygens (including phenoxy) is 1. The zero-order chi connectivity index (χ0) is 18.5. The molecule has 25 heavy (non-hydrogen) atoms. The highest BCUT2D eigenvalue weighted by molar-refractivity contribution is 5.90. The van der Waals surface area contributed by atoms with Gasteiger partial charge in [0.25, 0.3) is 0 Å². The van der Waals surface area contributed by atoms with Crippen LogP contribution in [0.15, 0.2) is 0 Å². The van der Waals surface area contributed by atoms with Crippen LogP contribution in [0, 0.1) is 0 Å². The van der Waals surface area contributed by atoms with Gasteiger partial charge in [0.15, 0.2) is 0 Å². The minimum Gasteiger partial charge on any atom is -0.465 e. The molecule has 0 aromatic rings. The standard InChI is InChI=1S/C19H34N2O4/c1-3-5-6-7-8-9-10-13-17(22)21-14-11-12-16(21)19(24)20-15-18(23)25-4-2/h16H,3-15H2,1-2H3,(H,20,24)/t16-/m0/s1. The normalized spacial score (nSPS) is 16.7. The Balaban J connectivity index is 2.27. The molecule has 1 atom stereocenters. The summed E-state index contributed by atoms with van der Waals surface area (Å²) in [6, 6.07) is -0.438. The summed E-state index contributed by atoms with van der Waals surface area (Å²) in [6.45, 7) is 4.71. The van der Waals surface area contributed by atoms with Crippen molar-refractivity contribution in [2.45, 2.75) is 84.1 Å². The van der Waals surface area contributed by atoms with Gasteiger partial charge in [-0.2, -0.15) is 0 Å². The fourth-order valence-corrected chi connectivity index (χ4v) is 3.20. The molecule has 0 bridgehead atoms. The highest BCUT2D eigenvalue weighted by Gasteiger charge is 2.33. The first-order valence-corrected chi connectivity index (χ1v) is 9.83. The van der Waals surface area contributed by atoms with Crippen LogP contribution < -0.4 is 5.32 Å². The molecule has 1 aliphatic heterocycles. The van der Waals surface area contributed by atoms with Crippen LogP contribution in [0.3, 0.4) is 0 Å². The van der Waals surface area contributed by atoms with Crippen molar-refractivity contribution in [1.82, 2.24) is 10.2 Å². The quantitative estimate of drug-likeness (QED) is 0.432. The van der Waals surface area contributed by atoms with E-state index in [9.17, 15) is 14.4 Å². The molecular weight excluding hydrogens is 320 g/mol. The van der Waals surface area contributed by atoms with Gasteiger partial charge in [-0.25, -0.2) is 0 Å². The SMILES string of the molecule is CCCCCCCCCC(=O)N1CCC[C@H]1C(=O)NCC(=O)OCC. The van der Waals surface area contributed by atoms with E-state index < -0.39 is 12.0 Å². The molecule has 1 N–H and O–H groups in total. The van der Waals surface area contributed by atoms with Crippen molar-refractivity contribution in [3.63, 3.8) is 0 Å². The van der Waals surface area contributed by atoms with Crippen molar-refractivity contribution in [2.75, 3.05) is 19.7 Å². The first-order valence-electron chi connectivity index (χ1n) is 9.83. The lowest BCUT2D eigenvalue weighted by molar-refractivity contribution is -0.144. The first-order chi connectivity index (χ1) is 12.1. The molecule has 0 radical (unpaired) electrons. The second-order valence-corrected chi connectivity index (χ2v) is 6.64. The van der Waals surface area contributed by atoms with Gasteiger partial charge >= 0.3 is 5.97 Å². The zero-order valence-corrected chi connectivity index (χ0v) is 15.8. The van der Waals surface area contributed by atoms with Gasteiger partial charge in [0.05, 0.1) is 6.61 Å². The molecule has 0 aromatic heterocycles. The average molecular weight is 354 g/mol. The summed E-state index contributed by atoms with van der Waals surface area (Å²) in [6.07, 6.45) is 10.2. The van der Waals surface area contributed by atoms with Crippen molar-refractivity contribution in [3.8, 4) is 0 Å². The monoisotopic (exact) mass is 354 g/mol. The van der Waals surface area contributed by atoms with Gasteiger partial charge in [0.2, 0.25) is 11.8 Å². The highest BCUT2D eigenvalue weighted by atomic mass is 16.5. The van der Waals surface area contributed by atoms with Crippen molar-refractivity contribution in [3.05, 3.63) is 0 Å². The zero-order valence-electron chi connectivity index (χ0n) is 15.8. The molecule has 1 aliphatic rings. The fourth-order valence-electron chi connectivity index (χ4n) is 3.20. The number of esters is 1. The number of hydrogen-bond donors (Lipinski definition) is 1. The van der Waals surface area contributed by atoms with Crippen LogP contribution in [0.2, 0.25) is 0 Å². The van der Waals surface area contributed by atoms with Gasteiger partial charge in [-0.15, -0.1) is 0 Å². The molecule has 2 amide bonds. The topological polar surface area (TPSA) is 75.7 Å². The molecule has 144 valence electrons. The molecule has 6 nitrogen and oxygen atoms in total. The van der Waals surface area contributed by atoms with Crippen LogP contribution in [0.25, 0.3) is 0 Å². The minimum absolute atomic E-state index is 0.0577. The third kappa shape index (κ3) is 8.36. The average Bonchev–Trinajstić information content (AvgIpc) is 3.09. The maximum atomic E-state index is 12.4.